The van der Waals surface area contributed by atoms with Gasteiger partial charge in [-0.25, -0.2) is 4.79 Å². The highest BCUT2D eigenvalue weighted by atomic mass is 16.7. The maximum atomic E-state index is 11.6. The summed E-state index contributed by atoms with van der Waals surface area (Å²) in [5, 5.41) is 5.88. The molecule has 0 aliphatic heterocycles. The van der Waals surface area contributed by atoms with Crippen LogP contribution in [-0.4, -0.2) is 90.5 Å². The Morgan fingerprint density at radius 2 is 1.29 bits per heavy atom. The Kier molecular flexibility index (Phi) is 17.5. The standard InChI is InChI=1S/C19H40N2O7/c1-6-20-7-8-23-9-10-24-11-12-25-13-14-26-15-16-27-17(2)28-18(22)21-19(3,4)5/h17,20H,6-16H2,1-5H3,(H,21,22). The van der Waals surface area contributed by atoms with Gasteiger partial charge in [0.1, 0.15) is 0 Å². The largest absolute Gasteiger partial charge is 0.420 e. The smallest absolute Gasteiger partial charge is 0.409 e. The van der Waals surface area contributed by atoms with Gasteiger partial charge in [-0.2, -0.15) is 0 Å². The second-order valence-electron chi connectivity index (χ2n) is 7.02. The van der Waals surface area contributed by atoms with Crippen LogP contribution in [0.4, 0.5) is 4.79 Å². The summed E-state index contributed by atoms with van der Waals surface area (Å²) in [5.41, 5.74) is -0.343. The van der Waals surface area contributed by atoms with Crippen LogP contribution in [-0.2, 0) is 28.4 Å². The Hall–Kier alpha value is -0.970. The summed E-state index contributed by atoms with van der Waals surface area (Å²) in [6.07, 6.45) is -1.14. The highest BCUT2D eigenvalue weighted by Gasteiger charge is 2.16. The van der Waals surface area contributed by atoms with Gasteiger partial charge < -0.3 is 39.1 Å². The number of hydrogen-bond donors (Lipinski definition) is 2. The topological polar surface area (TPSA) is 96.5 Å². The van der Waals surface area contributed by atoms with Gasteiger partial charge in [0.2, 0.25) is 6.29 Å². The average Bonchev–Trinajstić information content (AvgIpc) is 2.59. The number of likely N-dealkylation sites (N-methyl/N-ethyl adjacent to an activating group) is 1. The second-order valence-corrected chi connectivity index (χ2v) is 7.02. The first-order chi connectivity index (χ1) is 13.3. The number of carbonyl (C=O) groups is 1. The van der Waals surface area contributed by atoms with E-state index < -0.39 is 12.4 Å². The van der Waals surface area contributed by atoms with Gasteiger partial charge in [-0.3, -0.25) is 0 Å². The fourth-order valence-electron chi connectivity index (χ4n) is 1.88. The minimum atomic E-state index is -0.633. The van der Waals surface area contributed by atoms with E-state index in [2.05, 4.69) is 17.6 Å². The van der Waals surface area contributed by atoms with E-state index in [-0.39, 0.29) is 5.54 Å². The van der Waals surface area contributed by atoms with Crippen molar-refractivity contribution in [2.45, 2.75) is 46.4 Å². The number of ether oxygens (including phenoxy) is 6. The van der Waals surface area contributed by atoms with E-state index in [4.69, 9.17) is 28.4 Å². The van der Waals surface area contributed by atoms with Crippen molar-refractivity contribution in [1.82, 2.24) is 10.6 Å². The first kappa shape index (κ1) is 27.0. The van der Waals surface area contributed by atoms with E-state index in [1.54, 1.807) is 6.92 Å². The lowest BCUT2D eigenvalue weighted by atomic mass is 10.1. The predicted octanol–water partition coefficient (Wildman–Crippen LogP) is 1.55. The van der Waals surface area contributed by atoms with Crippen molar-refractivity contribution in [3.63, 3.8) is 0 Å². The van der Waals surface area contributed by atoms with Crippen molar-refractivity contribution in [1.29, 1.82) is 0 Å². The zero-order valence-electron chi connectivity index (χ0n) is 18.2. The van der Waals surface area contributed by atoms with Crippen LogP contribution >= 0.6 is 0 Å². The summed E-state index contributed by atoms with van der Waals surface area (Å²) in [7, 11) is 0. The van der Waals surface area contributed by atoms with Gasteiger partial charge in [0.05, 0.1) is 59.5 Å². The van der Waals surface area contributed by atoms with E-state index in [1.165, 1.54) is 0 Å². The fourth-order valence-corrected chi connectivity index (χ4v) is 1.88. The molecule has 0 aromatic rings. The zero-order valence-corrected chi connectivity index (χ0v) is 18.2. The van der Waals surface area contributed by atoms with Crippen molar-refractivity contribution in [2.24, 2.45) is 0 Å². The van der Waals surface area contributed by atoms with Crippen LogP contribution in [0.3, 0.4) is 0 Å². The molecule has 0 aliphatic carbocycles. The minimum absolute atomic E-state index is 0.334. The lowest BCUT2D eigenvalue weighted by molar-refractivity contribution is -0.107. The SMILES string of the molecule is CCNCCOCCOCCOCCOCCOC(C)OC(=O)NC(C)(C)C. The second kappa shape index (κ2) is 18.1. The normalized spacial score (nSPS) is 12.8. The van der Waals surface area contributed by atoms with E-state index in [9.17, 15) is 4.79 Å². The molecule has 0 spiro atoms. The minimum Gasteiger partial charge on any atom is -0.420 e. The number of rotatable bonds is 18. The lowest BCUT2D eigenvalue weighted by Crippen LogP contribution is -2.42. The molecule has 1 atom stereocenters. The van der Waals surface area contributed by atoms with Gasteiger partial charge in [0, 0.05) is 12.1 Å². The molecule has 0 bridgehead atoms. The number of carbonyl (C=O) groups excluding carboxylic acids is 1. The molecule has 0 aromatic heterocycles. The van der Waals surface area contributed by atoms with Crippen LogP contribution in [0, 0.1) is 0 Å². The van der Waals surface area contributed by atoms with Crippen LogP contribution in [0.2, 0.25) is 0 Å². The number of alkyl carbamates (subject to hydrolysis) is 1. The van der Waals surface area contributed by atoms with Gasteiger partial charge in [0.25, 0.3) is 0 Å². The maximum Gasteiger partial charge on any atom is 0.409 e. The Labute approximate surface area is 169 Å². The quantitative estimate of drug-likeness (QED) is 0.260. The van der Waals surface area contributed by atoms with E-state index in [0.717, 1.165) is 13.1 Å². The first-order valence-corrected chi connectivity index (χ1v) is 9.97. The average molecular weight is 409 g/mol. The summed E-state index contributed by atoms with van der Waals surface area (Å²) in [5.74, 6) is 0. The molecule has 1 amide bonds. The van der Waals surface area contributed by atoms with Crippen LogP contribution in [0.5, 0.6) is 0 Å². The van der Waals surface area contributed by atoms with E-state index in [0.29, 0.717) is 59.5 Å². The van der Waals surface area contributed by atoms with E-state index >= 15 is 0 Å². The van der Waals surface area contributed by atoms with Gasteiger partial charge in [-0.1, -0.05) is 6.92 Å². The predicted molar refractivity (Wildman–Crippen MR) is 107 cm³/mol. The lowest BCUT2D eigenvalue weighted by Gasteiger charge is -2.22. The Morgan fingerprint density at radius 3 is 1.75 bits per heavy atom. The van der Waals surface area contributed by atoms with Crippen LogP contribution < -0.4 is 10.6 Å². The number of amides is 1. The molecular formula is C19H40N2O7. The third kappa shape index (κ3) is 21.3. The van der Waals surface area contributed by atoms with Gasteiger partial charge in [0.15, 0.2) is 0 Å². The number of nitrogens with one attached hydrogen (secondary N) is 2. The molecule has 9 nitrogen and oxygen atoms in total. The Morgan fingerprint density at radius 1 is 0.821 bits per heavy atom. The van der Waals surface area contributed by atoms with Crippen LogP contribution in [0.15, 0.2) is 0 Å². The van der Waals surface area contributed by atoms with Crippen molar-refractivity contribution >= 4 is 6.09 Å². The maximum absolute atomic E-state index is 11.6. The summed E-state index contributed by atoms with van der Waals surface area (Å²) >= 11 is 0. The van der Waals surface area contributed by atoms with Crippen LogP contribution in [0.25, 0.3) is 0 Å². The molecular weight excluding hydrogens is 368 g/mol. The molecule has 0 aliphatic rings. The van der Waals surface area contributed by atoms with Crippen molar-refractivity contribution < 1.29 is 33.2 Å². The molecule has 1 unspecified atom stereocenters. The summed E-state index contributed by atoms with van der Waals surface area (Å²) in [6, 6.07) is 0. The Balaban J connectivity index is 3.26. The highest BCUT2D eigenvalue weighted by Crippen LogP contribution is 2.01. The van der Waals surface area contributed by atoms with Crippen LogP contribution in [0.1, 0.15) is 34.6 Å². The zero-order chi connectivity index (χ0) is 21.1. The van der Waals surface area contributed by atoms with Crippen molar-refractivity contribution in [3.8, 4) is 0 Å². The van der Waals surface area contributed by atoms with Gasteiger partial charge >= 0.3 is 6.09 Å². The summed E-state index contributed by atoms with van der Waals surface area (Å²) in [6.45, 7) is 15.8. The van der Waals surface area contributed by atoms with Crippen molar-refractivity contribution in [2.75, 3.05) is 72.6 Å². The van der Waals surface area contributed by atoms with Gasteiger partial charge in [-0.15, -0.1) is 0 Å². The van der Waals surface area contributed by atoms with E-state index in [1.807, 2.05) is 20.8 Å². The summed E-state index contributed by atoms with van der Waals surface area (Å²) in [4.78, 5) is 11.6. The molecule has 2 N–H and O–H groups in total. The molecule has 0 fully saturated rings. The molecule has 9 heteroatoms. The molecule has 0 saturated heterocycles. The third-order valence-corrected chi connectivity index (χ3v) is 3.12. The molecule has 168 valence electrons. The third-order valence-electron chi connectivity index (χ3n) is 3.12. The molecule has 0 heterocycles. The molecule has 28 heavy (non-hydrogen) atoms. The van der Waals surface area contributed by atoms with Gasteiger partial charge in [-0.05, 0) is 34.2 Å². The highest BCUT2D eigenvalue weighted by molar-refractivity contribution is 5.68. The Bertz CT molecular complexity index is 365. The first-order valence-electron chi connectivity index (χ1n) is 9.97. The molecule has 0 saturated carbocycles. The molecule has 0 aromatic carbocycles. The summed E-state index contributed by atoms with van der Waals surface area (Å²) < 4.78 is 32.0. The fraction of sp³-hybridized carbons (Fsp3) is 0.947. The molecule has 0 rings (SSSR count). The number of hydrogen-bond acceptors (Lipinski definition) is 8. The van der Waals surface area contributed by atoms with Crippen molar-refractivity contribution in [3.05, 3.63) is 0 Å². The molecule has 0 radical (unpaired) electrons. The monoisotopic (exact) mass is 408 g/mol.